The largest absolute Gasteiger partial charge is 0.368 e. The minimum absolute atomic E-state index is 0.0803. The maximum Gasteiger partial charge on any atom is 0.252 e. The van der Waals surface area contributed by atoms with Crippen molar-refractivity contribution in [2.24, 2.45) is 5.92 Å². The zero-order chi connectivity index (χ0) is 22.0. The van der Waals surface area contributed by atoms with E-state index in [-0.39, 0.29) is 12.0 Å². The number of aromatic nitrogens is 3. The standard InChI is InChI=1S/C24H29N5O2/c1-15(2)13-25-24(30)19-12-21(28-20-8-6-5-7-18(19)20)22-14-29(9-10-31-22)23-11-16(3)26-17(4)27-23/h5-8,11-12,15,22H,9-10,13-14H2,1-4H3,(H,25,30)/t22-/m1/s1. The number of ether oxygens (including phenoxy) is 1. The zero-order valence-electron chi connectivity index (χ0n) is 18.6. The highest BCUT2D eigenvalue weighted by Crippen LogP contribution is 2.28. The molecule has 3 aromatic rings. The molecule has 1 saturated heterocycles. The van der Waals surface area contributed by atoms with Crippen LogP contribution in [0.2, 0.25) is 0 Å². The van der Waals surface area contributed by atoms with E-state index in [9.17, 15) is 4.79 Å². The number of nitrogens with zero attached hydrogens (tertiary/aromatic N) is 4. The summed E-state index contributed by atoms with van der Waals surface area (Å²) in [5.41, 5.74) is 3.14. The maximum atomic E-state index is 13.0. The normalized spacial score (nSPS) is 16.7. The Morgan fingerprint density at radius 3 is 2.77 bits per heavy atom. The van der Waals surface area contributed by atoms with Gasteiger partial charge in [-0.1, -0.05) is 32.0 Å². The van der Waals surface area contributed by atoms with Gasteiger partial charge in [-0.15, -0.1) is 0 Å². The molecule has 1 atom stereocenters. The first-order valence-corrected chi connectivity index (χ1v) is 10.8. The molecule has 0 aliphatic carbocycles. The van der Waals surface area contributed by atoms with Crippen LogP contribution in [0.25, 0.3) is 10.9 Å². The van der Waals surface area contributed by atoms with Gasteiger partial charge in [0.05, 0.1) is 29.9 Å². The highest BCUT2D eigenvalue weighted by atomic mass is 16.5. The van der Waals surface area contributed by atoms with Crippen molar-refractivity contribution in [3.63, 3.8) is 0 Å². The predicted octanol–water partition coefficient (Wildman–Crippen LogP) is 3.61. The third-order valence-corrected chi connectivity index (χ3v) is 5.32. The van der Waals surface area contributed by atoms with E-state index in [0.717, 1.165) is 40.5 Å². The van der Waals surface area contributed by atoms with Crippen LogP contribution in [0, 0.1) is 19.8 Å². The fourth-order valence-corrected chi connectivity index (χ4v) is 3.84. The molecule has 1 aliphatic rings. The number of hydrogen-bond donors (Lipinski definition) is 1. The minimum Gasteiger partial charge on any atom is -0.368 e. The van der Waals surface area contributed by atoms with Crippen LogP contribution in [0.15, 0.2) is 36.4 Å². The Hall–Kier alpha value is -3.06. The summed E-state index contributed by atoms with van der Waals surface area (Å²) >= 11 is 0. The van der Waals surface area contributed by atoms with Crippen molar-refractivity contribution >= 4 is 22.6 Å². The molecule has 162 valence electrons. The number of carbonyl (C=O) groups is 1. The van der Waals surface area contributed by atoms with Crippen molar-refractivity contribution < 1.29 is 9.53 Å². The van der Waals surface area contributed by atoms with Crippen LogP contribution < -0.4 is 10.2 Å². The number of fused-ring (bicyclic) bond motifs is 1. The van der Waals surface area contributed by atoms with Gasteiger partial charge >= 0.3 is 0 Å². The summed E-state index contributed by atoms with van der Waals surface area (Å²) in [5, 5.41) is 3.88. The first-order chi connectivity index (χ1) is 14.9. The number of aryl methyl sites for hydroxylation is 2. The molecule has 1 amide bonds. The average molecular weight is 420 g/mol. The Morgan fingerprint density at radius 2 is 2.00 bits per heavy atom. The summed E-state index contributed by atoms with van der Waals surface area (Å²) in [6.07, 6.45) is -0.245. The molecule has 7 heteroatoms. The lowest BCUT2D eigenvalue weighted by Gasteiger charge is -2.33. The quantitative estimate of drug-likeness (QED) is 0.681. The molecular formula is C24H29N5O2. The minimum atomic E-state index is -0.245. The van der Waals surface area contributed by atoms with E-state index in [1.54, 1.807) is 0 Å². The lowest BCUT2D eigenvalue weighted by molar-refractivity contribution is 0.0369. The molecule has 0 radical (unpaired) electrons. The van der Waals surface area contributed by atoms with Gasteiger partial charge in [-0.3, -0.25) is 4.79 Å². The van der Waals surface area contributed by atoms with Crippen molar-refractivity contribution in [3.05, 3.63) is 59.2 Å². The molecule has 0 unspecified atom stereocenters. The van der Waals surface area contributed by atoms with Crippen molar-refractivity contribution in [3.8, 4) is 0 Å². The monoisotopic (exact) mass is 419 g/mol. The van der Waals surface area contributed by atoms with E-state index in [0.29, 0.717) is 31.2 Å². The summed E-state index contributed by atoms with van der Waals surface area (Å²) in [6.45, 7) is 10.6. The zero-order valence-corrected chi connectivity index (χ0v) is 18.6. The van der Waals surface area contributed by atoms with Crippen LogP contribution >= 0.6 is 0 Å². The van der Waals surface area contributed by atoms with Gasteiger partial charge in [-0.2, -0.15) is 0 Å². The maximum absolute atomic E-state index is 13.0. The van der Waals surface area contributed by atoms with Crippen molar-refractivity contribution in [2.75, 3.05) is 31.1 Å². The van der Waals surface area contributed by atoms with Gasteiger partial charge in [0.2, 0.25) is 0 Å². The summed E-state index contributed by atoms with van der Waals surface area (Å²) < 4.78 is 6.08. The highest BCUT2D eigenvalue weighted by Gasteiger charge is 2.26. The molecule has 1 fully saturated rings. The molecule has 0 bridgehead atoms. The molecular weight excluding hydrogens is 390 g/mol. The molecule has 31 heavy (non-hydrogen) atoms. The molecule has 0 spiro atoms. The summed E-state index contributed by atoms with van der Waals surface area (Å²) in [6, 6.07) is 11.6. The smallest absolute Gasteiger partial charge is 0.252 e. The number of pyridine rings is 1. The van der Waals surface area contributed by atoms with Crippen LogP contribution in [0.5, 0.6) is 0 Å². The second kappa shape index (κ2) is 8.98. The fraction of sp³-hybridized carbons (Fsp3) is 0.417. The molecule has 7 nitrogen and oxygen atoms in total. The van der Waals surface area contributed by atoms with E-state index in [2.05, 4.69) is 34.0 Å². The Morgan fingerprint density at radius 1 is 1.19 bits per heavy atom. The van der Waals surface area contributed by atoms with Gasteiger partial charge in [0.25, 0.3) is 5.91 Å². The molecule has 0 saturated carbocycles. The van der Waals surface area contributed by atoms with Gasteiger partial charge in [0, 0.05) is 30.2 Å². The van der Waals surface area contributed by atoms with Gasteiger partial charge in [-0.05, 0) is 31.9 Å². The number of para-hydroxylation sites is 1. The number of amides is 1. The van der Waals surface area contributed by atoms with E-state index in [1.165, 1.54) is 0 Å². The van der Waals surface area contributed by atoms with Gasteiger partial charge < -0.3 is 15.0 Å². The molecule has 1 aromatic carbocycles. The lowest BCUT2D eigenvalue weighted by Crippen LogP contribution is -2.39. The number of benzene rings is 1. The number of anilines is 1. The second-order valence-electron chi connectivity index (χ2n) is 8.44. The number of rotatable bonds is 5. The first kappa shape index (κ1) is 21.2. The van der Waals surface area contributed by atoms with Crippen LogP contribution in [0.1, 0.15) is 47.5 Å². The van der Waals surface area contributed by atoms with Crippen LogP contribution in [0.4, 0.5) is 5.82 Å². The second-order valence-corrected chi connectivity index (χ2v) is 8.44. The Balaban J connectivity index is 1.66. The number of hydrogen-bond acceptors (Lipinski definition) is 6. The van der Waals surface area contributed by atoms with Gasteiger partial charge in [0.1, 0.15) is 17.7 Å². The third kappa shape index (κ3) is 4.82. The van der Waals surface area contributed by atoms with E-state index < -0.39 is 0 Å². The van der Waals surface area contributed by atoms with Crippen molar-refractivity contribution in [1.29, 1.82) is 0 Å². The molecule has 1 N–H and O–H groups in total. The number of nitrogens with one attached hydrogen (secondary N) is 1. The topological polar surface area (TPSA) is 80.2 Å². The van der Waals surface area contributed by atoms with Crippen LogP contribution in [-0.4, -0.2) is 47.1 Å². The number of morpholine rings is 1. The average Bonchev–Trinajstić information content (AvgIpc) is 2.76. The fourth-order valence-electron chi connectivity index (χ4n) is 3.84. The van der Waals surface area contributed by atoms with Crippen molar-refractivity contribution in [1.82, 2.24) is 20.3 Å². The van der Waals surface area contributed by atoms with Gasteiger partial charge in [-0.25, -0.2) is 15.0 Å². The SMILES string of the molecule is Cc1cc(N2CCO[C@@H](c3cc(C(=O)NCC(C)C)c4ccccc4n3)C2)nc(C)n1. The Labute approximate surface area is 182 Å². The highest BCUT2D eigenvalue weighted by molar-refractivity contribution is 6.06. The Kier molecular flexibility index (Phi) is 6.13. The van der Waals surface area contributed by atoms with Crippen molar-refractivity contribution in [2.45, 2.75) is 33.8 Å². The van der Waals surface area contributed by atoms with Gasteiger partial charge in [0.15, 0.2) is 0 Å². The third-order valence-electron chi connectivity index (χ3n) is 5.32. The summed E-state index contributed by atoms with van der Waals surface area (Å²) in [4.78, 5) is 29.0. The van der Waals surface area contributed by atoms with Crippen LogP contribution in [-0.2, 0) is 4.74 Å². The summed E-state index contributed by atoms with van der Waals surface area (Å²) in [7, 11) is 0. The van der Waals surface area contributed by atoms with E-state index >= 15 is 0 Å². The van der Waals surface area contributed by atoms with E-state index in [1.807, 2.05) is 50.2 Å². The molecule has 1 aliphatic heterocycles. The molecule has 4 rings (SSSR count). The predicted molar refractivity (Wildman–Crippen MR) is 121 cm³/mol. The first-order valence-electron chi connectivity index (χ1n) is 10.8. The Bertz CT molecular complexity index is 1080. The molecule has 2 aromatic heterocycles. The number of carbonyl (C=O) groups excluding carboxylic acids is 1. The lowest BCUT2D eigenvalue weighted by atomic mass is 10.0. The van der Waals surface area contributed by atoms with Crippen LogP contribution in [0.3, 0.4) is 0 Å². The summed E-state index contributed by atoms with van der Waals surface area (Å²) in [5.74, 6) is 1.95. The van der Waals surface area contributed by atoms with E-state index in [4.69, 9.17) is 9.72 Å². The molecule has 3 heterocycles.